The zero-order valence-corrected chi connectivity index (χ0v) is 27.1. The van der Waals surface area contributed by atoms with E-state index in [0.717, 1.165) is 50.5 Å². The van der Waals surface area contributed by atoms with Gasteiger partial charge in [-0.1, -0.05) is 52.7 Å². The van der Waals surface area contributed by atoms with Crippen LogP contribution in [-0.2, 0) is 14.6 Å². The summed E-state index contributed by atoms with van der Waals surface area (Å²) in [6.45, 7) is 10.9. The third-order valence-corrected chi connectivity index (χ3v) is 14.6. The lowest BCUT2D eigenvalue weighted by atomic mass is 9.41. The number of hydrogen-bond donors (Lipinski definition) is 2. The van der Waals surface area contributed by atoms with Crippen molar-refractivity contribution in [1.82, 2.24) is 0 Å². The minimum Gasteiger partial charge on any atom is -0.393 e. The molecule has 4 aliphatic carbocycles. The van der Waals surface area contributed by atoms with Crippen LogP contribution in [0.15, 0.2) is 29.2 Å². The Balaban J connectivity index is 1.23. The van der Waals surface area contributed by atoms with Gasteiger partial charge in [-0.15, -0.1) is 0 Å². The lowest BCUT2D eigenvalue weighted by Gasteiger charge is -2.65. The third-order valence-electron chi connectivity index (χ3n) is 13.0. The van der Waals surface area contributed by atoms with Crippen molar-refractivity contribution < 1.29 is 27.8 Å². The number of rotatable bonds is 9. The van der Waals surface area contributed by atoms with E-state index in [1.165, 1.54) is 0 Å². The summed E-state index contributed by atoms with van der Waals surface area (Å²) in [5.74, 6) is 0.688. The smallest absolute Gasteiger partial charge is 0.185 e. The maximum absolute atomic E-state index is 15.6. The van der Waals surface area contributed by atoms with Gasteiger partial charge in [0.2, 0.25) is 0 Å². The first-order chi connectivity index (χ1) is 19.7. The minimum atomic E-state index is -3.63. The molecular weight excluding hydrogens is 551 g/mol. The molecule has 5 nitrogen and oxygen atoms in total. The summed E-state index contributed by atoms with van der Waals surface area (Å²) in [7, 11) is -3.63. The minimum absolute atomic E-state index is 0.102. The average molecular weight is 605 g/mol. The topological polar surface area (TPSA) is 91.7 Å². The largest absolute Gasteiger partial charge is 0.393 e. The van der Waals surface area contributed by atoms with Gasteiger partial charge < -0.3 is 10.2 Å². The molecule has 0 bridgehead atoms. The van der Waals surface area contributed by atoms with Crippen LogP contribution in [0.2, 0.25) is 0 Å². The lowest BCUT2D eigenvalue weighted by Crippen LogP contribution is -2.65. The molecule has 12 atom stereocenters. The van der Waals surface area contributed by atoms with Gasteiger partial charge in [0.05, 0.1) is 17.1 Å². The predicted octanol–water partition coefficient (Wildman–Crippen LogP) is 6.72. The second-order valence-electron chi connectivity index (χ2n) is 15.1. The highest BCUT2D eigenvalue weighted by molar-refractivity contribution is 7.92. The van der Waals surface area contributed by atoms with E-state index in [4.69, 9.17) is 0 Å². The number of fused-ring (bicyclic) bond motifs is 5. The fourth-order valence-electron chi connectivity index (χ4n) is 11.0. The number of aliphatic hydroxyl groups excluding tert-OH is 2. The Morgan fingerprint density at radius 3 is 2.45 bits per heavy atom. The van der Waals surface area contributed by atoms with E-state index in [1.807, 2.05) is 13.0 Å². The van der Waals surface area contributed by atoms with Gasteiger partial charge in [0.1, 0.15) is 17.7 Å². The van der Waals surface area contributed by atoms with Gasteiger partial charge in [0.15, 0.2) is 9.84 Å². The second-order valence-corrected chi connectivity index (χ2v) is 17.1. The molecule has 236 valence electrons. The Bertz CT molecular complexity index is 1250. The number of hydrogen-bond acceptors (Lipinski definition) is 5. The van der Waals surface area contributed by atoms with Crippen molar-refractivity contribution in [2.45, 2.75) is 122 Å². The molecule has 4 fully saturated rings. The summed E-state index contributed by atoms with van der Waals surface area (Å²) in [5.41, 5.74) is 0.775. The van der Waals surface area contributed by atoms with E-state index in [9.17, 15) is 23.4 Å². The summed E-state index contributed by atoms with van der Waals surface area (Å²) in [4.78, 5) is 12.9. The van der Waals surface area contributed by atoms with Crippen LogP contribution < -0.4 is 0 Å². The van der Waals surface area contributed by atoms with Crippen LogP contribution in [0.3, 0.4) is 0 Å². The zero-order chi connectivity index (χ0) is 30.6. The van der Waals surface area contributed by atoms with E-state index >= 15 is 4.39 Å². The van der Waals surface area contributed by atoms with E-state index in [-0.39, 0.29) is 51.6 Å². The van der Waals surface area contributed by atoms with Crippen molar-refractivity contribution in [2.24, 2.45) is 52.3 Å². The number of aryl methyl sites for hydroxylation is 1. The van der Waals surface area contributed by atoms with Gasteiger partial charge in [-0.05, 0) is 116 Å². The van der Waals surface area contributed by atoms with E-state index in [2.05, 4.69) is 27.7 Å². The van der Waals surface area contributed by atoms with Crippen molar-refractivity contribution in [3.8, 4) is 0 Å². The number of halogens is 1. The molecule has 2 N–H and O–H groups in total. The Morgan fingerprint density at radius 2 is 1.76 bits per heavy atom. The molecule has 0 spiro atoms. The quantitative estimate of drug-likeness (QED) is 0.327. The molecule has 0 amide bonds. The molecule has 7 heteroatoms. The average Bonchev–Trinajstić information content (AvgIpc) is 3.29. The molecule has 4 aliphatic rings. The van der Waals surface area contributed by atoms with E-state index in [1.54, 1.807) is 18.2 Å². The number of aliphatic hydroxyl groups is 2. The Labute approximate surface area is 253 Å². The van der Waals surface area contributed by atoms with Crippen molar-refractivity contribution in [3.63, 3.8) is 0 Å². The van der Waals surface area contributed by atoms with Crippen molar-refractivity contribution in [3.05, 3.63) is 29.8 Å². The molecule has 0 heterocycles. The molecule has 0 saturated heterocycles. The number of carbonyl (C=O) groups is 1. The summed E-state index contributed by atoms with van der Waals surface area (Å²) >= 11 is 0. The first-order valence-electron chi connectivity index (χ1n) is 16.6. The molecule has 0 radical (unpaired) electrons. The third kappa shape index (κ3) is 5.42. The molecule has 5 unspecified atom stereocenters. The highest BCUT2D eigenvalue weighted by Crippen LogP contribution is 2.69. The van der Waals surface area contributed by atoms with E-state index in [0.29, 0.717) is 30.6 Å². The van der Waals surface area contributed by atoms with Gasteiger partial charge in [-0.2, -0.15) is 0 Å². The van der Waals surface area contributed by atoms with Crippen LogP contribution >= 0.6 is 0 Å². The molecule has 1 aromatic carbocycles. The van der Waals surface area contributed by atoms with Crippen LogP contribution in [-0.4, -0.2) is 48.5 Å². The number of alkyl halides is 1. The summed E-state index contributed by atoms with van der Waals surface area (Å²) in [6, 6.07) is 6.74. The first-order valence-corrected chi connectivity index (χ1v) is 18.2. The molecule has 4 saturated carbocycles. The van der Waals surface area contributed by atoms with Crippen molar-refractivity contribution in [1.29, 1.82) is 0 Å². The van der Waals surface area contributed by atoms with Gasteiger partial charge in [0, 0.05) is 12.3 Å². The molecule has 42 heavy (non-hydrogen) atoms. The first kappa shape index (κ1) is 32.1. The van der Waals surface area contributed by atoms with Crippen LogP contribution in [0.4, 0.5) is 4.39 Å². The Morgan fingerprint density at radius 1 is 1.07 bits per heavy atom. The van der Waals surface area contributed by atoms with Gasteiger partial charge in [-0.3, -0.25) is 4.79 Å². The van der Waals surface area contributed by atoms with Crippen LogP contribution in [0.1, 0.15) is 97.5 Å². The van der Waals surface area contributed by atoms with Gasteiger partial charge in [-0.25, -0.2) is 12.8 Å². The lowest BCUT2D eigenvalue weighted by molar-refractivity contribution is -0.222. The van der Waals surface area contributed by atoms with Crippen LogP contribution in [0.5, 0.6) is 0 Å². The maximum atomic E-state index is 15.6. The fourth-order valence-corrected chi connectivity index (χ4v) is 12.3. The van der Waals surface area contributed by atoms with Crippen LogP contribution in [0, 0.1) is 59.2 Å². The highest BCUT2D eigenvalue weighted by atomic mass is 32.2. The van der Waals surface area contributed by atoms with Crippen molar-refractivity contribution >= 4 is 15.6 Å². The standard InChI is InChI=1S/C35H53FO5S/c1-6-25-31-32(36)29(38)16-18-35(31,5)28-15-17-34(4)26(13-14-27(34)30(28)33(25)39)22(3)10-8-11-23(37)20-42(40,41)24-12-7-9-21(2)19-24/h7,9,12,19,22,25-33,38-39H,6,8,10-11,13-18,20H2,1-5H3/t22-,25-,26?,27?,28?,29-,30?,31-,32+,33?,34-,35-/m1/s1. The number of sulfone groups is 1. The number of ketones is 1. The normalized spacial score (nSPS) is 42.3. The van der Waals surface area contributed by atoms with Crippen LogP contribution in [0.25, 0.3) is 0 Å². The van der Waals surface area contributed by atoms with E-state index < -0.39 is 34.0 Å². The molecule has 0 aromatic heterocycles. The SMILES string of the molecule is CC[C@H]1C(O)C2C3CCC([C@H](C)CCCC(=O)CS(=O)(=O)c4cccc(C)c4)[C@@]3(C)CCC2[C@@]2(C)CC[C@@H](O)[C@H](F)[C@@H]12. The predicted molar refractivity (Wildman–Crippen MR) is 163 cm³/mol. The zero-order valence-electron chi connectivity index (χ0n) is 26.3. The number of Topliss-reactive ketones (excluding diaryl/α,β-unsaturated/α-hetero) is 1. The molecule has 1 aromatic rings. The Kier molecular flexibility index (Phi) is 9.09. The summed E-state index contributed by atoms with van der Waals surface area (Å²) < 4.78 is 41.1. The summed E-state index contributed by atoms with van der Waals surface area (Å²) in [6.07, 6.45) is 5.48. The number of carbonyl (C=O) groups excluding carboxylic acids is 1. The summed E-state index contributed by atoms with van der Waals surface area (Å²) in [5, 5.41) is 22.3. The maximum Gasteiger partial charge on any atom is 0.185 e. The monoisotopic (exact) mass is 604 g/mol. The van der Waals surface area contributed by atoms with Crippen molar-refractivity contribution in [2.75, 3.05) is 5.75 Å². The Hall–Kier alpha value is -1.31. The number of benzene rings is 1. The second kappa shape index (κ2) is 11.9. The highest BCUT2D eigenvalue weighted by Gasteiger charge is 2.66. The molecule has 0 aliphatic heterocycles. The fraction of sp³-hybridized carbons (Fsp3) is 0.800. The molecular formula is C35H53FO5S. The van der Waals surface area contributed by atoms with Gasteiger partial charge >= 0.3 is 0 Å². The van der Waals surface area contributed by atoms with Gasteiger partial charge in [0.25, 0.3) is 0 Å². The molecule has 5 rings (SSSR count).